The van der Waals surface area contributed by atoms with Crippen LogP contribution in [-0.2, 0) is 9.53 Å². The molecule has 35 heavy (non-hydrogen) atoms. The number of nitrogens with zero attached hydrogens (tertiary/aromatic N) is 4. The Kier molecular flexibility index (Phi) is 7.61. The molecule has 0 radical (unpaired) electrons. The summed E-state index contributed by atoms with van der Waals surface area (Å²) in [7, 11) is 0. The van der Waals surface area contributed by atoms with Gasteiger partial charge in [-0.25, -0.2) is 0 Å². The number of carbonyl (C=O) groups excluding carboxylic acids is 1. The zero-order valence-electron chi connectivity index (χ0n) is 19.4. The Hall–Kier alpha value is -3.11. The van der Waals surface area contributed by atoms with E-state index < -0.39 is 12.0 Å². The van der Waals surface area contributed by atoms with Gasteiger partial charge in [-0.15, -0.1) is 10.2 Å². The van der Waals surface area contributed by atoms with Crippen molar-refractivity contribution in [1.82, 2.24) is 19.7 Å². The monoisotopic (exact) mass is 502 g/mol. The van der Waals surface area contributed by atoms with Gasteiger partial charge in [0, 0.05) is 36.2 Å². The molecule has 0 spiro atoms. The zero-order chi connectivity index (χ0) is 25.0. The molecule has 0 aliphatic carbocycles. The molecule has 6 nitrogen and oxygen atoms in total. The fraction of sp³-hybridized carbons (Fsp3) is 0.320. The largest absolute Gasteiger partial charge is 0.454 e. The van der Waals surface area contributed by atoms with Gasteiger partial charge in [0.25, 0.3) is 5.78 Å². The van der Waals surface area contributed by atoms with Crippen LogP contribution >= 0.6 is 11.8 Å². The first-order valence-corrected chi connectivity index (χ1v) is 12.1. The second kappa shape index (κ2) is 10.7. The van der Waals surface area contributed by atoms with Crippen LogP contribution in [0.25, 0.3) is 17.1 Å². The number of thioether (sulfide) groups is 1. The number of alkyl halides is 3. The number of allylic oxidation sites excluding steroid dienone is 1. The van der Waals surface area contributed by atoms with E-state index in [1.807, 2.05) is 66.9 Å². The van der Waals surface area contributed by atoms with Gasteiger partial charge in [-0.3, -0.25) is 9.36 Å². The van der Waals surface area contributed by atoms with E-state index in [0.717, 1.165) is 22.4 Å². The van der Waals surface area contributed by atoms with E-state index in [1.54, 1.807) is 4.90 Å². The summed E-state index contributed by atoms with van der Waals surface area (Å²) in [5.74, 6) is -1.13. The van der Waals surface area contributed by atoms with Gasteiger partial charge in [-0.05, 0) is 37.1 Å². The lowest BCUT2D eigenvalue weighted by atomic mass is 10.1. The summed E-state index contributed by atoms with van der Waals surface area (Å²) in [4.78, 5) is 13.5. The Bertz CT molecular complexity index is 1220. The number of halogens is 3. The number of aromatic nitrogens is 3. The lowest BCUT2D eigenvalue weighted by Gasteiger charge is -2.31. The molecular weight excluding hydrogens is 477 g/mol. The summed E-state index contributed by atoms with van der Waals surface area (Å²) in [6.45, 7) is 5.64. The summed E-state index contributed by atoms with van der Waals surface area (Å²) in [6.07, 6.45) is -4.24. The number of aryl methyl sites for hydroxylation is 2. The number of rotatable bonds is 7. The second-order valence-corrected chi connectivity index (χ2v) is 9.10. The third-order valence-electron chi connectivity index (χ3n) is 5.76. The van der Waals surface area contributed by atoms with Crippen LogP contribution in [0, 0.1) is 13.8 Å². The number of hydrogen-bond acceptors (Lipinski definition) is 6. The molecule has 0 bridgehead atoms. The van der Waals surface area contributed by atoms with Crippen LogP contribution < -0.4 is 0 Å². The van der Waals surface area contributed by atoms with Crippen molar-refractivity contribution in [2.24, 2.45) is 0 Å². The quantitative estimate of drug-likeness (QED) is 0.335. The van der Waals surface area contributed by atoms with Gasteiger partial charge in [-0.1, -0.05) is 48.2 Å². The first-order valence-electron chi connectivity index (χ1n) is 11.1. The van der Waals surface area contributed by atoms with Crippen LogP contribution in [0.3, 0.4) is 0 Å². The molecule has 0 saturated carbocycles. The maximum absolute atomic E-state index is 13.0. The minimum Gasteiger partial charge on any atom is -0.378 e. The molecule has 10 heteroatoms. The highest BCUT2D eigenvalue weighted by atomic mass is 32.2. The van der Waals surface area contributed by atoms with Gasteiger partial charge in [0.15, 0.2) is 11.0 Å². The summed E-state index contributed by atoms with van der Waals surface area (Å²) >= 11 is 1.24. The van der Waals surface area contributed by atoms with Crippen molar-refractivity contribution in [2.45, 2.75) is 25.2 Å². The zero-order valence-corrected chi connectivity index (χ0v) is 20.2. The minimum absolute atomic E-state index is 0.125. The SMILES string of the molecule is Cc1ccc(-n2c(SC/C(=C/C(=O)C(F)(F)F)N3CCOCC3)nnc2-c2ccccc2)cc1C. The second-order valence-electron chi connectivity index (χ2n) is 8.16. The van der Waals surface area contributed by atoms with Gasteiger partial charge in [-0.2, -0.15) is 13.2 Å². The summed E-state index contributed by atoms with van der Waals surface area (Å²) < 4.78 is 46.3. The molecule has 4 rings (SSSR count). The Balaban J connectivity index is 1.70. The van der Waals surface area contributed by atoms with Crippen LogP contribution in [0.2, 0.25) is 0 Å². The molecule has 1 aliphatic rings. The van der Waals surface area contributed by atoms with Crippen molar-refractivity contribution in [3.63, 3.8) is 0 Å². The molecule has 1 aliphatic heterocycles. The first-order chi connectivity index (χ1) is 16.7. The van der Waals surface area contributed by atoms with E-state index in [0.29, 0.717) is 43.4 Å². The summed E-state index contributed by atoms with van der Waals surface area (Å²) in [5.41, 5.74) is 4.23. The number of ether oxygens (including phenoxy) is 1. The average molecular weight is 503 g/mol. The van der Waals surface area contributed by atoms with Gasteiger partial charge in [0.1, 0.15) is 0 Å². The molecule has 0 amide bonds. The lowest BCUT2D eigenvalue weighted by Crippen LogP contribution is -2.37. The molecule has 2 heterocycles. The highest BCUT2D eigenvalue weighted by Crippen LogP contribution is 2.31. The number of ketones is 1. The van der Waals surface area contributed by atoms with Crippen LogP contribution in [0.1, 0.15) is 11.1 Å². The normalized spacial score (nSPS) is 14.9. The maximum Gasteiger partial charge on any atom is 0.454 e. The number of hydrogen-bond donors (Lipinski definition) is 0. The van der Waals surface area contributed by atoms with Crippen LogP contribution in [0.15, 0.2) is 65.5 Å². The fourth-order valence-corrected chi connectivity index (χ4v) is 4.64. The maximum atomic E-state index is 13.0. The highest BCUT2D eigenvalue weighted by molar-refractivity contribution is 7.99. The Morgan fingerprint density at radius 1 is 1.06 bits per heavy atom. The van der Waals surface area contributed by atoms with E-state index in [4.69, 9.17) is 4.74 Å². The number of morpholine rings is 1. The minimum atomic E-state index is -4.93. The molecule has 0 unspecified atom stereocenters. The molecule has 0 N–H and O–H groups in total. The molecule has 1 fully saturated rings. The van der Waals surface area contributed by atoms with Crippen molar-refractivity contribution in [3.8, 4) is 17.1 Å². The number of benzene rings is 2. The fourth-order valence-electron chi connectivity index (χ4n) is 3.68. The highest BCUT2D eigenvalue weighted by Gasteiger charge is 2.37. The third-order valence-corrected chi connectivity index (χ3v) is 6.72. The predicted octanol–water partition coefficient (Wildman–Crippen LogP) is 4.99. The third kappa shape index (κ3) is 5.94. The van der Waals surface area contributed by atoms with Gasteiger partial charge in [0.2, 0.25) is 0 Å². The average Bonchev–Trinajstić information content (AvgIpc) is 3.27. The first kappa shape index (κ1) is 25.0. The Morgan fingerprint density at radius 3 is 2.43 bits per heavy atom. The Morgan fingerprint density at radius 2 is 1.77 bits per heavy atom. The molecule has 0 atom stereocenters. The molecule has 3 aromatic rings. The van der Waals surface area contributed by atoms with Crippen molar-refractivity contribution in [3.05, 3.63) is 71.4 Å². The van der Waals surface area contributed by atoms with Crippen LogP contribution in [0.5, 0.6) is 0 Å². The van der Waals surface area contributed by atoms with Crippen LogP contribution in [-0.4, -0.2) is 63.7 Å². The lowest BCUT2D eigenvalue weighted by molar-refractivity contribution is -0.165. The number of carbonyl (C=O) groups is 1. The molecular formula is C25H25F3N4O2S. The van der Waals surface area contributed by atoms with Crippen molar-refractivity contribution < 1.29 is 22.7 Å². The molecule has 1 aromatic heterocycles. The van der Waals surface area contributed by atoms with Crippen molar-refractivity contribution >= 4 is 17.5 Å². The van der Waals surface area contributed by atoms with E-state index in [1.165, 1.54) is 11.8 Å². The van der Waals surface area contributed by atoms with E-state index in [-0.39, 0.29) is 11.4 Å². The van der Waals surface area contributed by atoms with Gasteiger partial charge < -0.3 is 9.64 Å². The molecule has 2 aromatic carbocycles. The topological polar surface area (TPSA) is 60.2 Å². The van der Waals surface area contributed by atoms with Crippen molar-refractivity contribution in [1.29, 1.82) is 0 Å². The van der Waals surface area contributed by atoms with Crippen molar-refractivity contribution in [2.75, 3.05) is 32.1 Å². The molecule has 1 saturated heterocycles. The van der Waals surface area contributed by atoms with Gasteiger partial charge >= 0.3 is 6.18 Å². The van der Waals surface area contributed by atoms with Crippen LogP contribution in [0.4, 0.5) is 13.2 Å². The summed E-state index contributed by atoms with van der Waals surface area (Å²) in [6, 6.07) is 15.6. The van der Waals surface area contributed by atoms with E-state index in [9.17, 15) is 18.0 Å². The summed E-state index contributed by atoms with van der Waals surface area (Å²) in [5, 5.41) is 9.28. The van der Waals surface area contributed by atoms with Gasteiger partial charge in [0.05, 0.1) is 18.9 Å². The smallest absolute Gasteiger partial charge is 0.378 e. The van der Waals surface area contributed by atoms with E-state index in [2.05, 4.69) is 10.2 Å². The standard InChI is InChI=1S/C25H25F3N4O2S/c1-17-8-9-20(14-18(17)2)32-23(19-6-4-3-5-7-19)29-30-24(32)35-16-21(15-22(33)25(26,27)28)31-10-12-34-13-11-31/h3-9,14-15H,10-13,16H2,1-2H3/b21-15-. The molecule has 184 valence electrons. The Labute approximate surface area is 205 Å². The van der Waals surface area contributed by atoms with E-state index >= 15 is 0 Å². The predicted molar refractivity (Wildman–Crippen MR) is 129 cm³/mol.